The summed E-state index contributed by atoms with van der Waals surface area (Å²) in [5.74, 6) is 0.455. The minimum atomic E-state index is 0.455. The fraction of sp³-hybridized carbons (Fsp3) is 0.556. The van der Waals surface area contributed by atoms with Crippen LogP contribution in [0.5, 0.6) is 0 Å². The summed E-state index contributed by atoms with van der Waals surface area (Å²) < 4.78 is 0. The number of hydrogen-bond acceptors (Lipinski definition) is 3. The largest absolute Gasteiger partial charge is 0.372 e. The van der Waals surface area contributed by atoms with Crippen LogP contribution in [-0.2, 0) is 4.79 Å². The molecule has 0 aliphatic carbocycles. The Kier molecular flexibility index (Phi) is 5.59. The van der Waals surface area contributed by atoms with Crippen LogP contribution in [0.2, 0.25) is 0 Å². The van der Waals surface area contributed by atoms with Crippen LogP contribution in [-0.4, -0.2) is 37.3 Å². The van der Waals surface area contributed by atoms with E-state index in [1.54, 1.807) is 11.9 Å². The molecule has 0 spiro atoms. The second-order valence-corrected chi connectivity index (χ2v) is 2.76. The molecule has 0 heterocycles. The van der Waals surface area contributed by atoms with Crippen molar-refractivity contribution in [2.45, 2.75) is 13.8 Å². The van der Waals surface area contributed by atoms with E-state index in [9.17, 15) is 4.79 Å². The van der Waals surface area contributed by atoms with E-state index in [2.05, 4.69) is 16.9 Å². The van der Waals surface area contributed by atoms with Gasteiger partial charge in [0.25, 0.3) is 0 Å². The maximum atomic E-state index is 10.6. The maximum absolute atomic E-state index is 10.6. The van der Waals surface area contributed by atoms with E-state index in [1.807, 2.05) is 13.8 Å². The number of aldehydes is 1. The van der Waals surface area contributed by atoms with Crippen molar-refractivity contribution in [2.24, 2.45) is 4.99 Å². The second-order valence-electron chi connectivity index (χ2n) is 2.76. The first-order valence-electron chi connectivity index (χ1n) is 4.22. The fourth-order valence-corrected chi connectivity index (χ4v) is 0.744. The number of hydrogen-bond donors (Lipinski definition) is 1. The quantitative estimate of drug-likeness (QED) is 0.294. The van der Waals surface area contributed by atoms with Gasteiger partial charge >= 0.3 is 0 Å². The lowest BCUT2D eigenvalue weighted by Gasteiger charge is -2.18. The molecule has 0 bridgehead atoms. The molecule has 0 saturated heterocycles. The van der Waals surface area contributed by atoms with E-state index in [-0.39, 0.29) is 0 Å². The highest BCUT2D eigenvalue weighted by Gasteiger charge is 2.02. The molecule has 0 unspecified atom stereocenters. The first kappa shape index (κ1) is 11.7. The topological polar surface area (TPSA) is 44.7 Å². The molecule has 0 rings (SSSR count). The third-order valence-electron chi connectivity index (χ3n) is 1.43. The summed E-state index contributed by atoms with van der Waals surface area (Å²) in [6.45, 7) is 8.62. The predicted molar refractivity (Wildman–Crippen MR) is 54.6 cm³/mol. The minimum absolute atomic E-state index is 0.455. The van der Waals surface area contributed by atoms with Gasteiger partial charge in [0.1, 0.15) is 0 Å². The van der Waals surface area contributed by atoms with Gasteiger partial charge in [-0.1, -0.05) is 6.58 Å². The molecule has 0 aliphatic rings. The van der Waals surface area contributed by atoms with Gasteiger partial charge in [0.05, 0.1) is 6.67 Å². The van der Waals surface area contributed by atoms with E-state index >= 15 is 0 Å². The van der Waals surface area contributed by atoms with Crippen LogP contribution in [0.15, 0.2) is 17.3 Å². The molecule has 4 nitrogen and oxygen atoms in total. The van der Waals surface area contributed by atoms with Crippen LogP contribution in [0.3, 0.4) is 0 Å². The van der Waals surface area contributed by atoms with Crippen LogP contribution in [0.25, 0.3) is 0 Å². The molecule has 0 saturated carbocycles. The molecule has 0 aromatic rings. The van der Waals surface area contributed by atoms with Crippen molar-refractivity contribution in [1.29, 1.82) is 0 Å². The van der Waals surface area contributed by atoms with Crippen LogP contribution >= 0.6 is 0 Å². The number of amidine groups is 1. The Bertz CT molecular complexity index is 211. The molecular formula is C9H17N3O. The first-order valence-corrected chi connectivity index (χ1v) is 4.22. The van der Waals surface area contributed by atoms with Crippen molar-refractivity contribution in [3.8, 4) is 0 Å². The molecule has 4 heteroatoms. The summed E-state index contributed by atoms with van der Waals surface area (Å²) in [5, 5.41) is 3.01. The van der Waals surface area contributed by atoms with Crippen molar-refractivity contribution in [3.63, 3.8) is 0 Å². The number of nitrogens with one attached hydrogen (secondary N) is 1. The third-order valence-corrected chi connectivity index (χ3v) is 1.43. The van der Waals surface area contributed by atoms with Gasteiger partial charge in [-0.15, -0.1) is 0 Å². The Labute approximate surface area is 79.3 Å². The van der Waals surface area contributed by atoms with E-state index in [4.69, 9.17) is 0 Å². The highest BCUT2D eigenvalue weighted by molar-refractivity contribution is 6.26. The summed E-state index contributed by atoms with van der Waals surface area (Å²) in [4.78, 5) is 16.3. The minimum Gasteiger partial charge on any atom is -0.372 e. The summed E-state index contributed by atoms with van der Waals surface area (Å²) in [6, 6.07) is 0. The van der Waals surface area contributed by atoms with Crippen molar-refractivity contribution >= 4 is 12.1 Å². The number of likely N-dealkylation sites (N-methyl/N-ethyl adjacent to an activating group) is 1. The standard InChI is InChI=1S/C9H17N3O/c1-5-10-9(6-13)12(4)7-11-8(2)3/h6,11H,2,5,7H2,1,3-4H3/b10-9-. The number of aliphatic imine (C=N–C) groups is 1. The Balaban J connectivity index is 4.06. The highest BCUT2D eigenvalue weighted by Crippen LogP contribution is 1.86. The van der Waals surface area contributed by atoms with E-state index in [0.29, 0.717) is 19.0 Å². The van der Waals surface area contributed by atoms with Crippen molar-refractivity contribution in [1.82, 2.24) is 10.2 Å². The zero-order valence-corrected chi connectivity index (χ0v) is 8.50. The van der Waals surface area contributed by atoms with Crippen LogP contribution in [0.4, 0.5) is 0 Å². The molecule has 0 atom stereocenters. The predicted octanol–water partition coefficient (Wildman–Crippen LogP) is 0.616. The Morgan fingerprint density at radius 3 is 2.69 bits per heavy atom. The summed E-state index contributed by atoms with van der Waals surface area (Å²) >= 11 is 0. The molecule has 13 heavy (non-hydrogen) atoms. The summed E-state index contributed by atoms with van der Waals surface area (Å²) in [7, 11) is 1.80. The zero-order valence-electron chi connectivity index (χ0n) is 8.50. The lowest BCUT2D eigenvalue weighted by Crippen LogP contribution is -2.35. The van der Waals surface area contributed by atoms with Gasteiger partial charge < -0.3 is 10.2 Å². The van der Waals surface area contributed by atoms with Crippen molar-refractivity contribution in [2.75, 3.05) is 20.3 Å². The smallest absolute Gasteiger partial charge is 0.184 e. The molecular weight excluding hydrogens is 166 g/mol. The lowest BCUT2D eigenvalue weighted by atomic mass is 10.5. The highest BCUT2D eigenvalue weighted by atomic mass is 16.1. The summed E-state index contributed by atoms with van der Waals surface area (Å²) in [6.07, 6.45) is 0.754. The van der Waals surface area contributed by atoms with Gasteiger partial charge in [0.2, 0.25) is 0 Å². The fourth-order valence-electron chi connectivity index (χ4n) is 0.744. The molecule has 0 amide bonds. The zero-order chi connectivity index (χ0) is 10.3. The van der Waals surface area contributed by atoms with Gasteiger partial charge in [-0.25, -0.2) is 0 Å². The molecule has 0 aromatic carbocycles. The van der Waals surface area contributed by atoms with E-state index in [0.717, 1.165) is 12.0 Å². The molecule has 0 aliphatic heterocycles. The molecule has 0 aromatic heterocycles. The Hall–Kier alpha value is -1.32. The average Bonchev–Trinajstić information content (AvgIpc) is 2.10. The van der Waals surface area contributed by atoms with Gasteiger partial charge in [0, 0.05) is 19.3 Å². The monoisotopic (exact) mass is 183 g/mol. The van der Waals surface area contributed by atoms with Crippen molar-refractivity contribution < 1.29 is 4.79 Å². The molecule has 74 valence electrons. The van der Waals surface area contributed by atoms with Gasteiger partial charge in [-0.05, 0) is 13.8 Å². The van der Waals surface area contributed by atoms with Gasteiger partial charge in [0.15, 0.2) is 12.1 Å². The first-order chi connectivity index (χ1) is 6.11. The van der Waals surface area contributed by atoms with Crippen molar-refractivity contribution in [3.05, 3.63) is 12.3 Å². The Morgan fingerprint density at radius 2 is 2.31 bits per heavy atom. The normalized spacial score (nSPS) is 10.8. The molecule has 1 N–H and O–H groups in total. The van der Waals surface area contributed by atoms with Gasteiger partial charge in [-0.3, -0.25) is 9.79 Å². The number of rotatable bonds is 5. The van der Waals surface area contributed by atoms with Crippen LogP contribution < -0.4 is 5.32 Å². The van der Waals surface area contributed by atoms with E-state index in [1.165, 1.54) is 0 Å². The van der Waals surface area contributed by atoms with Gasteiger partial charge in [-0.2, -0.15) is 0 Å². The summed E-state index contributed by atoms with van der Waals surface area (Å²) in [5.41, 5.74) is 0.869. The van der Waals surface area contributed by atoms with Crippen LogP contribution in [0.1, 0.15) is 13.8 Å². The number of allylic oxidation sites excluding steroid dienone is 1. The molecule has 0 fully saturated rings. The number of carbonyl (C=O) groups excluding carboxylic acids is 1. The number of carbonyl (C=O) groups is 1. The second kappa shape index (κ2) is 6.22. The number of nitrogens with zero attached hydrogens (tertiary/aromatic N) is 2. The van der Waals surface area contributed by atoms with E-state index < -0.39 is 0 Å². The lowest BCUT2D eigenvalue weighted by molar-refractivity contribution is -0.103. The average molecular weight is 183 g/mol. The Morgan fingerprint density at radius 1 is 1.69 bits per heavy atom. The molecule has 0 radical (unpaired) electrons. The third kappa shape index (κ3) is 5.00. The maximum Gasteiger partial charge on any atom is 0.184 e. The SMILES string of the molecule is C=C(C)NCN(C)/C(C=O)=N\CC. The van der Waals surface area contributed by atoms with Crippen LogP contribution in [0, 0.1) is 0 Å².